The molecule has 24 heavy (non-hydrogen) atoms. The molecule has 1 N–H and O–H groups in total. The molecule has 0 saturated carbocycles. The van der Waals surface area contributed by atoms with Gasteiger partial charge >= 0.3 is 0 Å². The summed E-state index contributed by atoms with van der Waals surface area (Å²) in [6.45, 7) is 2.53. The highest BCUT2D eigenvalue weighted by molar-refractivity contribution is 7.13. The number of para-hydroxylation sites is 1. The van der Waals surface area contributed by atoms with Crippen molar-refractivity contribution in [1.29, 1.82) is 0 Å². The number of halogens is 1. The van der Waals surface area contributed by atoms with Crippen molar-refractivity contribution in [2.45, 2.75) is 25.9 Å². The highest BCUT2D eigenvalue weighted by atomic mass is 35.5. The van der Waals surface area contributed by atoms with Gasteiger partial charge in [0.05, 0.1) is 34.8 Å². The molecule has 1 atom stereocenters. The Labute approximate surface area is 147 Å². The number of ether oxygens (including phenoxy) is 1. The van der Waals surface area contributed by atoms with Gasteiger partial charge in [0, 0.05) is 12.5 Å². The van der Waals surface area contributed by atoms with Crippen LogP contribution in [0.2, 0.25) is 5.02 Å². The van der Waals surface area contributed by atoms with E-state index in [2.05, 4.69) is 15.0 Å². The third-order valence-electron chi connectivity index (χ3n) is 4.19. The number of carbonyl (C=O) groups excluding carboxylic acids is 1. The summed E-state index contributed by atoms with van der Waals surface area (Å²) in [5, 5.41) is 1.17. The molecule has 0 saturated heterocycles. The van der Waals surface area contributed by atoms with Crippen LogP contribution in [-0.4, -0.2) is 38.9 Å². The standard InChI is InChI=1S/C16H15ClN4O2S/c1-8-6-11-12(24-16(19-11)23-2)7-21(8)15(22)14-18-10-5-3-4-9(17)13(10)20-14/h3-5,8H,6-7H2,1-2H3,(H,18,20)/t8-/m1/s1. The van der Waals surface area contributed by atoms with Crippen LogP contribution in [0.3, 0.4) is 0 Å². The van der Waals surface area contributed by atoms with E-state index in [1.165, 1.54) is 11.3 Å². The summed E-state index contributed by atoms with van der Waals surface area (Å²) in [6.07, 6.45) is 0.710. The monoisotopic (exact) mass is 362 g/mol. The Morgan fingerprint density at radius 1 is 1.46 bits per heavy atom. The molecule has 3 heterocycles. The third kappa shape index (κ3) is 2.44. The molecule has 0 aliphatic carbocycles. The van der Waals surface area contributed by atoms with E-state index in [1.54, 1.807) is 13.2 Å². The van der Waals surface area contributed by atoms with Gasteiger partial charge in [0.15, 0.2) is 5.82 Å². The van der Waals surface area contributed by atoms with E-state index in [0.29, 0.717) is 34.5 Å². The Morgan fingerprint density at radius 3 is 3.04 bits per heavy atom. The van der Waals surface area contributed by atoms with Crippen LogP contribution in [-0.2, 0) is 13.0 Å². The summed E-state index contributed by atoms with van der Waals surface area (Å²) in [5.41, 5.74) is 2.39. The van der Waals surface area contributed by atoms with Gasteiger partial charge in [-0.3, -0.25) is 4.79 Å². The summed E-state index contributed by atoms with van der Waals surface area (Å²) in [7, 11) is 1.61. The number of fused-ring (bicyclic) bond motifs is 2. The number of H-pyrrole nitrogens is 1. The zero-order chi connectivity index (χ0) is 16.8. The fourth-order valence-corrected chi connectivity index (χ4v) is 4.05. The number of aromatic amines is 1. The first-order chi connectivity index (χ1) is 11.6. The lowest BCUT2D eigenvalue weighted by Gasteiger charge is -2.31. The van der Waals surface area contributed by atoms with Crippen molar-refractivity contribution in [1.82, 2.24) is 19.9 Å². The molecule has 3 aromatic rings. The molecular formula is C16H15ClN4O2S. The normalized spacial score (nSPS) is 17.1. The number of nitrogens with one attached hydrogen (secondary N) is 1. The predicted molar refractivity (Wildman–Crippen MR) is 92.8 cm³/mol. The first kappa shape index (κ1) is 15.4. The Balaban J connectivity index is 1.66. The van der Waals surface area contributed by atoms with Gasteiger partial charge in [0.1, 0.15) is 5.52 Å². The van der Waals surface area contributed by atoms with E-state index in [9.17, 15) is 4.79 Å². The molecule has 4 rings (SSSR count). The Morgan fingerprint density at radius 2 is 2.29 bits per heavy atom. The minimum absolute atomic E-state index is 0.0421. The summed E-state index contributed by atoms with van der Waals surface area (Å²) in [5.74, 6) is 0.178. The van der Waals surface area contributed by atoms with Gasteiger partial charge in [0.2, 0.25) is 0 Å². The van der Waals surface area contributed by atoms with Crippen molar-refractivity contribution in [2.24, 2.45) is 0 Å². The fraction of sp³-hybridized carbons (Fsp3) is 0.312. The number of hydrogen-bond acceptors (Lipinski definition) is 5. The molecule has 0 radical (unpaired) electrons. The number of thiazole rings is 1. The van der Waals surface area contributed by atoms with E-state index in [1.807, 2.05) is 24.0 Å². The van der Waals surface area contributed by atoms with Crippen molar-refractivity contribution < 1.29 is 9.53 Å². The van der Waals surface area contributed by atoms with Gasteiger partial charge in [0.25, 0.3) is 11.1 Å². The van der Waals surface area contributed by atoms with Gasteiger partial charge in [-0.05, 0) is 19.1 Å². The molecule has 2 aromatic heterocycles. The number of aromatic nitrogens is 3. The van der Waals surface area contributed by atoms with Crippen molar-refractivity contribution in [3.63, 3.8) is 0 Å². The van der Waals surface area contributed by atoms with Gasteiger partial charge in [-0.25, -0.2) is 9.97 Å². The fourth-order valence-electron chi connectivity index (χ4n) is 2.94. The Kier molecular flexibility index (Phi) is 3.69. The van der Waals surface area contributed by atoms with E-state index in [0.717, 1.165) is 16.1 Å². The second-order valence-corrected chi connectivity index (χ2v) is 7.21. The highest BCUT2D eigenvalue weighted by Crippen LogP contribution is 2.32. The van der Waals surface area contributed by atoms with Crippen LogP contribution in [0.4, 0.5) is 0 Å². The van der Waals surface area contributed by atoms with Crippen molar-refractivity contribution in [3.05, 3.63) is 39.6 Å². The van der Waals surface area contributed by atoms with E-state index in [4.69, 9.17) is 16.3 Å². The summed E-state index contributed by atoms with van der Waals surface area (Å²) in [4.78, 5) is 27.7. The van der Waals surface area contributed by atoms with E-state index in [-0.39, 0.29) is 11.9 Å². The third-order valence-corrected chi connectivity index (χ3v) is 5.54. The first-order valence-electron chi connectivity index (χ1n) is 7.54. The number of imidazole rings is 1. The quantitative estimate of drug-likeness (QED) is 0.759. The minimum Gasteiger partial charge on any atom is -0.473 e. The number of rotatable bonds is 2. The molecule has 1 aromatic carbocycles. The zero-order valence-electron chi connectivity index (χ0n) is 13.2. The lowest BCUT2D eigenvalue weighted by Crippen LogP contribution is -2.42. The van der Waals surface area contributed by atoms with Gasteiger partial charge < -0.3 is 14.6 Å². The predicted octanol–water partition coefficient (Wildman–Crippen LogP) is 3.27. The van der Waals surface area contributed by atoms with Crippen LogP contribution >= 0.6 is 22.9 Å². The molecule has 0 bridgehead atoms. The Bertz CT molecular complexity index is 935. The maximum absolute atomic E-state index is 12.9. The molecule has 1 aliphatic heterocycles. The van der Waals surface area contributed by atoms with Gasteiger partial charge in [-0.15, -0.1) is 0 Å². The molecule has 0 spiro atoms. The highest BCUT2D eigenvalue weighted by Gasteiger charge is 2.31. The molecule has 8 heteroatoms. The summed E-state index contributed by atoms with van der Waals surface area (Å²) < 4.78 is 5.21. The number of benzene rings is 1. The first-order valence-corrected chi connectivity index (χ1v) is 8.74. The van der Waals surface area contributed by atoms with Crippen molar-refractivity contribution >= 4 is 39.9 Å². The van der Waals surface area contributed by atoms with Crippen LogP contribution in [0.1, 0.15) is 28.1 Å². The van der Waals surface area contributed by atoms with Crippen LogP contribution in [0.5, 0.6) is 5.19 Å². The van der Waals surface area contributed by atoms with Gasteiger partial charge in [-0.2, -0.15) is 0 Å². The second kappa shape index (κ2) is 5.75. The van der Waals surface area contributed by atoms with E-state index >= 15 is 0 Å². The zero-order valence-corrected chi connectivity index (χ0v) is 14.7. The minimum atomic E-state index is -0.132. The van der Waals surface area contributed by atoms with Crippen molar-refractivity contribution in [3.8, 4) is 5.19 Å². The maximum atomic E-state index is 12.9. The molecule has 1 aliphatic rings. The smallest absolute Gasteiger partial charge is 0.290 e. The van der Waals surface area contributed by atoms with Crippen LogP contribution < -0.4 is 4.74 Å². The average Bonchev–Trinajstić information content (AvgIpc) is 3.17. The molecule has 0 unspecified atom stereocenters. The number of nitrogens with zero attached hydrogens (tertiary/aromatic N) is 3. The van der Waals surface area contributed by atoms with Crippen molar-refractivity contribution in [2.75, 3.05) is 7.11 Å². The van der Waals surface area contributed by atoms with Crippen LogP contribution in [0.15, 0.2) is 18.2 Å². The van der Waals surface area contributed by atoms with E-state index < -0.39 is 0 Å². The number of carbonyl (C=O) groups is 1. The summed E-state index contributed by atoms with van der Waals surface area (Å²) in [6, 6.07) is 5.49. The molecular weight excluding hydrogens is 348 g/mol. The molecule has 124 valence electrons. The topological polar surface area (TPSA) is 71.1 Å². The number of hydrogen-bond donors (Lipinski definition) is 1. The lowest BCUT2D eigenvalue weighted by molar-refractivity contribution is 0.0649. The SMILES string of the molecule is COc1nc2c(s1)CN(C(=O)c1nc3c(Cl)cccc3[nH]1)[C@H](C)C2. The molecule has 1 amide bonds. The average molecular weight is 363 g/mol. The lowest BCUT2D eigenvalue weighted by atomic mass is 10.1. The molecule has 6 nitrogen and oxygen atoms in total. The second-order valence-electron chi connectivity index (χ2n) is 5.76. The number of methoxy groups -OCH3 is 1. The molecule has 0 fully saturated rings. The van der Waals surface area contributed by atoms with Gasteiger partial charge in [-0.1, -0.05) is 29.0 Å². The summed E-state index contributed by atoms with van der Waals surface area (Å²) >= 11 is 7.63. The Hall–Kier alpha value is -2.12. The number of amides is 1. The maximum Gasteiger partial charge on any atom is 0.290 e. The van der Waals surface area contributed by atoms with Crippen LogP contribution in [0, 0.1) is 0 Å². The largest absolute Gasteiger partial charge is 0.473 e. The van der Waals surface area contributed by atoms with Crippen LogP contribution in [0.25, 0.3) is 11.0 Å².